The molecule has 2 N–H and O–H groups in total. The highest BCUT2D eigenvalue weighted by atomic mass is 28.4. The first-order valence-electron chi connectivity index (χ1n) is 7.70. The van der Waals surface area contributed by atoms with Crippen molar-refractivity contribution in [1.82, 2.24) is 4.90 Å². The number of hydrogen-bond acceptors (Lipinski definition) is 6. The molecule has 0 aromatic carbocycles. The van der Waals surface area contributed by atoms with E-state index in [1.807, 2.05) is 13.8 Å². The van der Waals surface area contributed by atoms with Gasteiger partial charge in [-0.05, 0) is 25.8 Å². The van der Waals surface area contributed by atoms with Crippen LogP contribution in [0.1, 0.15) is 33.6 Å². The Kier molecular flexibility index (Phi) is 8.53. The maximum Gasteiger partial charge on any atom is 0.500 e. The lowest BCUT2D eigenvalue weighted by Crippen LogP contribution is -2.54. The predicted molar refractivity (Wildman–Crippen MR) is 90.9 cm³/mol. The molecule has 0 fully saturated rings. The summed E-state index contributed by atoms with van der Waals surface area (Å²) < 4.78 is 16.2. The number of aliphatic carboxylic acids is 2. The van der Waals surface area contributed by atoms with Gasteiger partial charge in [-0.25, -0.2) is 0 Å². The Morgan fingerprint density at radius 3 is 1.83 bits per heavy atom. The third-order valence-corrected chi connectivity index (χ3v) is 7.23. The number of carboxylic acids is 2. The van der Waals surface area contributed by atoms with Crippen molar-refractivity contribution >= 4 is 20.7 Å². The van der Waals surface area contributed by atoms with Crippen LogP contribution in [0.15, 0.2) is 0 Å². The van der Waals surface area contributed by atoms with Gasteiger partial charge in [-0.3, -0.25) is 14.5 Å². The molecule has 0 amide bonds. The highest BCUT2D eigenvalue weighted by molar-refractivity contribution is 6.60. The number of likely N-dealkylation sites (N-methyl/N-ethyl adjacent to an activating group) is 1. The second-order valence-corrected chi connectivity index (χ2v) is 10.1. The third-order valence-electron chi connectivity index (χ3n) is 4.50. The Hall–Kier alpha value is -1.00. The van der Waals surface area contributed by atoms with Crippen LogP contribution < -0.4 is 0 Å². The van der Waals surface area contributed by atoms with E-state index in [4.69, 9.17) is 18.4 Å². The smallest absolute Gasteiger partial charge is 0.481 e. The van der Waals surface area contributed by atoms with Crippen molar-refractivity contribution in [3.8, 4) is 0 Å². The van der Waals surface area contributed by atoms with Crippen LogP contribution in [0.4, 0.5) is 0 Å². The average molecular weight is 365 g/mol. The summed E-state index contributed by atoms with van der Waals surface area (Å²) >= 11 is 0. The van der Waals surface area contributed by atoms with Crippen molar-refractivity contribution in [1.29, 1.82) is 0 Å². The Morgan fingerprint density at radius 2 is 1.50 bits per heavy atom. The van der Waals surface area contributed by atoms with E-state index in [1.165, 1.54) is 6.92 Å². The van der Waals surface area contributed by atoms with Gasteiger partial charge in [0.1, 0.15) is 5.54 Å². The first-order valence-corrected chi connectivity index (χ1v) is 9.63. The van der Waals surface area contributed by atoms with Crippen molar-refractivity contribution in [2.24, 2.45) is 5.41 Å². The quantitative estimate of drug-likeness (QED) is 0.502. The predicted octanol–water partition coefficient (Wildman–Crippen LogP) is 1.53. The zero-order valence-corrected chi connectivity index (χ0v) is 16.7. The summed E-state index contributed by atoms with van der Waals surface area (Å²) in [4.78, 5) is 24.2. The van der Waals surface area contributed by atoms with Gasteiger partial charge in [0.2, 0.25) is 0 Å². The molecule has 0 spiro atoms. The molecule has 0 rings (SSSR count). The highest BCUT2D eigenvalue weighted by Crippen LogP contribution is 2.31. The van der Waals surface area contributed by atoms with Gasteiger partial charge in [0.05, 0.1) is 6.42 Å². The summed E-state index contributed by atoms with van der Waals surface area (Å²) in [6.45, 7) is 5.82. The van der Waals surface area contributed by atoms with Crippen LogP contribution in [0.2, 0.25) is 6.04 Å². The molecule has 0 unspecified atom stereocenters. The second kappa shape index (κ2) is 8.91. The molecule has 9 heteroatoms. The zero-order valence-electron chi connectivity index (χ0n) is 15.7. The SMILES string of the molecule is CO[Si](CCC(C)(C)CN(C)[C@@](C)(CC(=O)O)C(=O)O)(OC)OC. The molecule has 0 bridgehead atoms. The minimum atomic E-state index is -2.70. The zero-order chi connectivity index (χ0) is 19.2. The molecule has 0 heterocycles. The molecule has 0 saturated heterocycles. The highest BCUT2D eigenvalue weighted by Gasteiger charge is 2.43. The molecular weight excluding hydrogens is 334 g/mol. The maximum atomic E-state index is 11.6. The molecule has 0 saturated carbocycles. The van der Waals surface area contributed by atoms with Gasteiger partial charge in [-0.15, -0.1) is 0 Å². The largest absolute Gasteiger partial charge is 0.500 e. The van der Waals surface area contributed by atoms with Crippen molar-refractivity contribution in [2.45, 2.75) is 45.2 Å². The van der Waals surface area contributed by atoms with Crippen molar-refractivity contribution in [3.05, 3.63) is 0 Å². The Labute approximate surface area is 145 Å². The lowest BCUT2D eigenvalue weighted by Gasteiger charge is -2.40. The van der Waals surface area contributed by atoms with Crippen molar-refractivity contribution < 1.29 is 33.1 Å². The van der Waals surface area contributed by atoms with E-state index in [1.54, 1.807) is 33.3 Å². The monoisotopic (exact) mass is 365 g/mol. The fourth-order valence-electron chi connectivity index (χ4n) is 2.61. The minimum absolute atomic E-state index is 0.280. The fraction of sp³-hybridized carbons (Fsp3) is 0.867. The molecular formula is C15H31NO7Si. The summed E-state index contributed by atoms with van der Waals surface area (Å²) in [5, 5.41) is 18.5. The lowest BCUT2D eigenvalue weighted by molar-refractivity contribution is -0.157. The first kappa shape index (κ1) is 23.0. The third kappa shape index (κ3) is 6.13. The molecule has 0 aliphatic rings. The van der Waals surface area contributed by atoms with Crippen LogP contribution in [0.5, 0.6) is 0 Å². The summed E-state index contributed by atoms with van der Waals surface area (Å²) in [6, 6.07) is 0.583. The lowest BCUT2D eigenvalue weighted by atomic mass is 9.86. The number of carbonyl (C=O) groups is 2. The standard InChI is InChI=1S/C15H31NO7Si/c1-14(2,8-9-24(21-5,22-6)23-7)11-16(4)15(3,13(19)20)10-12(17)18/h8-11H2,1-7H3,(H,17,18)(H,19,20)/t15-/m0/s1. The molecule has 0 radical (unpaired) electrons. The second-order valence-electron chi connectivity index (χ2n) is 6.97. The van der Waals surface area contributed by atoms with Crippen LogP contribution in [-0.2, 0) is 22.9 Å². The average Bonchev–Trinajstić information content (AvgIpc) is 2.47. The van der Waals surface area contributed by atoms with Gasteiger partial charge >= 0.3 is 20.7 Å². The van der Waals surface area contributed by atoms with Gasteiger partial charge in [0.15, 0.2) is 0 Å². The van der Waals surface area contributed by atoms with Gasteiger partial charge < -0.3 is 23.5 Å². The van der Waals surface area contributed by atoms with E-state index in [2.05, 4.69) is 0 Å². The maximum absolute atomic E-state index is 11.6. The van der Waals surface area contributed by atoms with E-state index in [9.17, 15) is 14.7 Å². The van der Waals surface area contributed by atoms with Gasteiger partial charge in [0.25, 0.3) is 0 Å². The van der Waals surface area contributed by atoms with Crippen LogP contribution in [0, 0.1) is 5.41 Å². The molecule has 0 aromatic rings. The minimum Gasteiger partial charge on any atom is -0.481 e. The molecule has 0 aliphatic carbocycles. The Bertz CT molecular complexity index is 431. The van der Waals surface area contributed by atoms with E-state index < -0.39 is 32.7 Å². The van der Waals surface area contributed by atoms with Gasteiger partial charge in [-0.1, -0.05) is 13.8 Å². The summed E-state index contributed by atoms with van der Waals surface area (Å²) in [6.07, 6.45) is 0.212. The fourth-order valence-corrected chi connectivity index (χ4v) is 4.71. The van der Waals surface area contributed by atoms with E-state index in [0.717, 1.165) is 0 Å². The molecule has 8 nitrogen and oxygen atoms in total. The Balaban J connectivity index is 5.06. The molecule has 1 atom stereocenters. The number of nitrogens with zero attached hydrogens (tertiary/aromatic N) is 1. The van der Waals surface area contributed by atoms with Crippen molar-refractivity contribution in [2.75, 3.05) is 34.9 Å². The van der Waals surface area contributed by atoms with E-state index in [-0.39, 0.29) is 5.41 Å². The van der Waals surface area contributed by atoms with Crippen LogP contribution in [-0.4, -0.2) is 76.3 Å². The topological polar surface area (TPSA) is 106 Å². The molecule has 24 heavy (non-hydrogen) atoms. The number of carboxylic acid groups (broad SMARTS) is 2. The van der Waals surface area contributed by atoms with Crippen LogP contribution in [0.25, 0.3) is 0 Å². The van der Waals surface area contributed by atoms with Crippen LogP contribution >= 0.6 is 0 Å². The number of rotatable bonds is 12. The number of hydrogen-bond donors (Lipinski definition) is 2. The summed E-state index contributed by atoms with van der Waals surface area (Å²) in [5.41, 5.74) is -1.75. The van der Waals surface area contributed by atoms with Gasteiger partial charge in [0, 0.05) is 33.9 Å². The Morgan fingerprint density at radius 1 is 1.04 bits per heavy atom. The van der Waals surface area contributed by atoms with Gasteiger partial charge in [-0.2, -0.15) is 0 Å². The molecule has 142 valence electrons. The summed E-state index contributed by atoms with van der Waals surface area (Å²) in [5.74, 6) is -2.30. The molecule has 0 aromatic heterocycles. The van der Waals surface area contributed by atoms with E-state index >= 15 is 0 Å². The van der Waals surface area contributed by atoms with E-state index in [0.29, 0.717) is 19.0 Å². The first-order chi connectivity index (χ1) is 10.9. The summed E-state index contributed by atoms with van der Waals surface area (Å²) in [7, 11) is 3.58. The molecule has 0 aliphatic heterocycles. The van der Waals surface area contributed by atoms with Crippen molar-refractivity contribution in [3.63, 3.8) is 0 Å². The normalized spacial score (nSPS) is 15.3. The van der Waals surface area contributed by atoms with Crippen LogP contribution in [0.3, 0.4) is 0 Å².